The third-order valence-corrected chi connectivity index (χ3v) is 3.84. The summed E-state index contributed by atoms with van der Waals surface area (Å²) < 4.78 is 5.08. The average Bonchev–Trinajstić information content (AvgIpc) is 2.46. The van der Waals surface area contributed by atoms with Crippen LogP contribution in [-0.4, -0.2) is 31.9 Å². The number of Topliss-reactive ketones (excluding diaryl/α,β-unsaturated/α-hetero) is 1. The predicted molar refractivity (Wildman–Crippen MR) is 71.4 cm³/mol. The standard InChI is InChI=1S/C15H19NO3/c1-11(17)12-7-9-16(10-8-12)15(18)13-3-5-14(19-2)6-4-13/h3-6,12H,7-10H2,1-2H3/p+1. The number of quaternary nitrogens is 1. The van der Waals surface area contributed by atoms with Gasteiger partial charge in [0.25, 0.3) is 0 Å². The Hall–Kier alpha value is -1.68. The molecule has 4 nitrogen and oxygen atoms in total. The summed E-state index contributed by atoms with van der Waals surface area (Å²) in [4.78, 5) is 24.6. The molecule has 2 rings (SSSR count). The highest BCUT2D eigenvalue weighted by Gasteiger charge is 2.30. The van der Waals surface area contributed by atoms with Crippen LogP contribution >= 0.6 is 0 Å². The van der Waals surface area contributed by atoms with Gasteiger partial charge in [-0.1, -0.05) is 0 Å². The summed E-state index contributed by atoms with van der Waals surface area (Å²) in [6.07, 6.45) is 1.62. The van der Waals surface area contributed by atoms with Crippen LogP contribution in [0.2, 0.25) is 0 Å². The maximum absolute atomic E-state index is 12.3. The first-order chi connectivity index (χ1) is 9.11. The lowest BCUT2D eigenvalue weighted by Gasteiger charge is -2.26. The molecule has 19 heavy (non-hydrogen) atoms. The van der Waals surface area contributed by atoms with Gasteiger partial charge < -0.3 is 4.74 Å². The number of ketones is 1. The van der Waals surface area contributed by atoms with Crippen molar-refractivity contribution >= 4 is 11.7 Å². The number of carbonyl (C=O) groups is 2. The minimum Gasteiger partial charge on any atom is -0.497 e. The van der Waals surface area contributed by atoms with Gasteiger partial charge in [0.1, 0.15) is 11.5 Å². The Labute approximate surface area is 113 Å². The summed E-state index contributed by atoms with van der Waals surface area (Å²) in [7, 11) is 1.61. The lowest BCUT2D eigenvalue weighted by molar-refractivity contribution is -0.821. The van der Waals surface area contributed by atoms with Gasteiger partial charge in [-0.2, -0.15) is 0 Å². The van der Waals surface area contributed by atoms with Crippen LogP contribution in [0.3, 0.4) is 0 Å². The summed E-state index contributed by atoms with van der Waals surface area (Å²) in [5, 5.41) is 0. The molecular formula is C15H20NO3+. The molecule has 1 aromatic carbocycles. The number of benzene rings is 1. The molecule has 1 amide bonds. The molecule has 0 unspecified atom stereocenters. The lowest BCUT2D eigenvalue weighted by Crippen LogP contribution is -3.15. The Morgan fingerprint density at radius 2 is 1.74 bits per heavy atom. The van der Waals surface area contributed by atoms with Gasteiger partial charge in [0.2, 0.25) is 0 Å². The van der Waals surface area contributed by atoms with Crippen molar-refractivity contribution in [2.75, 3.05) is 20.2 Å². The third-order valence-electron chi connectivity index (χ3n) is 3.84. The number of piperidine rings is 1. The largest absolute Gasteiger partial charge is 0.497 e. The molecule has 1 aliphatic heterocycles. The highest BCUT2D eigenvalue weighted by molar-refractivity contribution is 5.87. The molecule has 1 N–H and O–H groups in total. The summed E-state index contributed by atoms with van der Waals surface area (Å²) in [6.45, 7) is 3.13. The summed E-state index contributed by atoms with van der Waals surface area (Å²) in [6, 6.07) is 7.19. The maximum atomic E-state index is 12.3. The van der Waals surface area contributed by atoms with E-state index in [1.54, 1.807) is 38.3 Å². The van der Waals surface area contributed by atoms with Gasteiger partial charge >= 0.3 is 5.91 Å². The normalized spacial score (nSPS) is 22.8. The minimum absolute atomic E-state index is 0.115. The molecular weight excluding hydrogens is 242 g/mol. The smallest absolute Gasteiger partial charge is 0.344 e. The van der Waals surface area contributed by atoms with Crippen molar-refractivity contribution < 1.29 is 19.2 Å². The van der Waals surface area contributed by atoms with Crippen LogP contribution in [0.25, 0.3) is 0 Å². The predicted octanol–water partition coefficient (Wildman–Crippen LogP) is 0.719. The Balaban J connectivity index is 1.98. The van der Waals surface area contributed by atoms with Crippen LogP contribution < -0.4 is 9.64 Å². The van der Waals surface area contributed by atoms with Crippen LogP contribution in [0.15, 0.2) is 24.3 Å². The highest BCUT2D eigenvalue weighted by Crippen LogP contribution is 2.12. The molecule has 0 bridgehead atoms. The number of ether oxygens (including phenoxy) is 1. The Morgan fingerprint density at radius 3 is 2.21 bits per heavy atom. The zero-order valence-electron chi connectivity index (χ0n) is 11.4. The van der Waals surface area contributed by atoms with E-state index >= 15 is 0 Å². The summed E-state index contributed by atoms with van der Waals surface area (Å²) in [5.74, 6) is 1.26. The van der Waals surface area contributed by atoms with Gasteiger partial charge in [0, 0.05) is 18.8 Å². The third kappa shape index (κ3) is 3.20. The number of amides is 1. The lowest BCUT2D eigenvalue weighted by atomic mass is 9.93. The first-order valence-electron chi connectivity index (χ1n) is 6.65. The molecule has 1 aliphatic rings. The van der Waals surface area contributed by atoms with E-state index in [1.165, 1.54) is 0 Å². The van der Waals surface area contributed by atoms with Crippen LogP contribution in [0.4, 0.5) is 0 Å². The minimum atomic E-state index is 0.115. The molecule has 0 aliphatic carbocycles. The van der Waals surface area contributed by atoms with Crippen LogP contribution in [0, 0.1) is 5.92 Å². The van der Waals surface area contributed by atoms with Crippen molar-refractivity contribution in [3.05, 3.63) is 29.8 Å². The SMILES string of the molecule is COc1ccc(C(=O)[NH+]2CCC(C(C)=O)CC2)cc1. The Bertz CT molecular complexity index is 459. The number of carbonyl (C=O) groups excluding carboxylic acids is 2. The van der Waals surface area contributed by atoms with Crippen molar-refractivity contribution in [3.8, 4) is 5.75 Å². The van der Waals surface area contributed by atoms with Crippen molar-refractivity contribution in [1.29, 1.82) is 0 Å². The fraction of sp³-hybridized carbons (Fsp3) is 0.467. The van der Waals surface area contributed by atoms with Gasteiger partial charge in [-0.25, -0.2) is 4.79 Å². The molecule has 4 heteroatoms. The van der Waals surface area contributed by atoms with E-state index in [2.05, 4.69) is 0 Å². The molecule has 1 fully saturated rings. The number of likely N-dealkylation sites (tertiary alicyclic amines) is 1. The van der Waals surface area contributed by atoms with Gasteiger partial charge in [-0.05, 0) is 31.2 Å². The van der Waals surface area contributed by atoms with Crippen molar-refractivity contribution in [2.45, 2.75) is 19.8 Å². The quantitative estimate of drug-likeness (QED) is 0.873. The first-order valence-corrected chi connectivity index (χ1v) is 6.65. The topological polar surface area (TPSA) is 47.8 Å². The monoisotopic (exact) mass is 262 g/mol. The second kappa shape index (κ2) is 5.97. The van der Waals surface area contributed by atoms with Crippen LogP contribution in [0.1, 0.15) is 30.1 Å². The van der Waals surface area contributed by atoms with E-state index in [-0.39, 0.29) is 17.6 Å². The number of hydrogen-bond donors (Lipinski definition) is 1. The van der Waals surface area contributed by atoms with E-state index < -0.39 is 0 Å². The number of rotatable bonds is 3. The number of methoxy groups -OCH3 is 1. The fourth-order valence-electron chi connectivity index (χ4n) is 2.55. The molecule has 0 spiro atoms. The van der Waals surface area contributed by atoms with Gasteiger partial charge in [-0.3, -0.25) is 9.69 Å². The molecule has 1 saturated heterocycles. The Kier molecular flexibility index (Phi) is 4.32. The van der Waals surface area contributed by atoms with E-state index in [4.69, 9.17) is 4.74 Å². The Morgan fingerprint density at radius 1 is 1.16 bits per heavy atom. The fourth-order valence-corrected chi connectivity index (χ4v) is 2.55. The molecule has 102 valence electrons. The second-order valence-corrected chi connectivity index (χ2v) is 5.05. The molecule has 0 radical (unpaired) electrons. The number of nitrogens with one attached hydrogen (secondary N) is 1. The molecule has 0 saturated carbocycles. The summed E-state index contributed by atoms with van der Waals surface area (Å²) in [5.41, 5.74) is 0.706. The van der Waals surface area contributed by atoms with E-state index in [1.807, 2.05) is 0 Å². The van der Waals surface area contributed by atoms with Crippen molar-refractivity contribution in [2.24, 2.45) is 5.92 Å². The summed E-state index contributed by atoms with van der Waals surface area (Å²) >= 11 is 0. The highest BCUT2D eigenvalue weighted by atomic mass is 16.5. The van der Waals surface area contributed by atoms with E-state index in [9.17, 15) is 9.59 Å². The van der Waals surface area contributed by atoms with Crippen molar-refractivity contribution in [3.63, 3.8) is 0 Å². The number of hydrogen-bond acceptors (Lipinski definition) is 3. The molecule has 0 atom stereocenters. The second-order valence-electron chi connectivity index (χ2n) is 5.05. The van der Waals surface area contributed by atoms with Crippen LogP contribution in [-0.2, 0) is 4.79 Å². The first kappa shape index (κ1) is 13.7. The van der Waals surface area contributed by atoms with Crippen molar-refractivity contribution in [1.82, 2.24) is 0 Å². The maximum Gasteiger partial charge on any atom is 0.344 e. The molecule has 1 heterocycles. The van der Waals surface area contributed by atoms with Gasteiger partial charge in [0.05, 0.1) is 25.8 Å². The zero-order chi connectivity index (χ0) is 13.8. The van der Waals surface area contributed by atoms with Gasteiger partial charge in [0.15, 0.2) is 0 Å². The van der Waals surface area contributed by atoms with Crippen LogP contribution in [0.5, 0.6) is 5.75 Å². The van der Waals surface area contributed by atoms with Gasteiger partial charge in [-0.15, -0.1) is 0 Å². The molecule has 0 aromatic heterocycles. The van der Waals surface area contributed by atoms with E-state index in [0.29, 0.717) is 5.56 Å². The molecule has 1 aromatic rings. The average molecular weight is 262 g/mol. The van der Waals surface area contributed by atoms with E-state index in [0.717, 1.165) is 36.6 Å². The zero-order valence-corrected chi connectivity index (χ0v) is 11.4.